The highest BCUT2D eigenvalue weighted by Crippen LogP contribution is 2.34. The second kappa shape index (κ2) is 11.7. The summed E-state index contributed by atoms with van der Waals surface area (Å²) in [5.41, 5.74) is 4.34. The van der Waals surface area contributed by atoms with Gasteiger partial charge in [-0.2, -0.15) is 0 Å². The number of hydrogen-bond donors (Lipinski definition) is 0. The summed E-state index contributed by atoms with van der Waals surface area (Å²) in [5, 5.41) is 0.764. The van der Waals surface area contributed by atoms with Crippen molar-refractivity contribution in [1.29, 1.82) is 0 Å². The molecule has 0 aliphatic rings. The van der Waals surface area contributed by atoms with E-state index in [1.54, 1.807) is 12.1 Å². The Labute approximate surface area is 222 Å². The van der Waals surface area contributed by atoms with Gasteiger partial charge in [0, 0.05) is 29.6 Å². The fraction of sp³-hybridized carbons (Fsp3) is 0.312. The normalized spacial score (nSPS) is 11.5. The molecular formula is C32H33F2NO3. The van der Waals surface area contributed by atoms with Crippen LogP contribution in [-0.4, -0.2) is 22.9 Å². The number of carbonyl (C=O) groups is 2. The van der Waals surface area contributed by atoms with E-state index in [-0.39, 0.29) is 24.0 Å². The second-order valence-electron chi connectivity index (χ2n) is 10.4. The first kappa shape index (κ1) is 27.2. The maximum atomic E-state index is 13.7. The van der Waals surface area contributed by atoms with Crippen molar-refractivity contribution in [3.05, 3.63) is 106 Å². The van der Waals surface area contributed by atoms with E-state index in [2.05, 4.69) is 4.57 Å². The van der Waals surface area contributed by atoms with E-state index >= 15 is 0 Å². The van der Waals surface area contributed by atoms with Crippen LogP contribution in [0, 0.1) is 17.6 Å². The van der Waals surface area contributed by atoms with Gasteiger partial charge in [-0.1, -0.05) is 70.2 Å². The number of nitrogens with zero attached hydrogens (tertiary/aromatic N) is 1. The quantitative estimate of drug-likeness (QED) is 0.160. The lowest BCUT2D eigenvalue weighted by atomic mass is 9.96. The van der Waals surface area contributed by atoms with E-state index in [0.29, 0.717) is 36.3 Å². The van der Waals surface area contributed by atoms with Gasteiger partial charge in [0.25, 0.3) is 0 Å². The van der Waals surface area contributed by atoms with Gasteiger partial charge in [0.1, 0.15) is 0 Å². The molecule has 0 spiro atoms. The molecule has 0 radical (unpaired) electrons. The number of esters is 1. The summed E-state index contributed by atoms with van der Waals surface area (Å²) < 4.78 is 34.6. The zero-order valence-electron chi connectivity index (χ0n) is 22.3. The number of halogens is 2. The highest BCUT2D eigenvalue weighted by molar-refractivity contribution is 6.11. The molecule has 6 heteroatoms. The number of hydrogen-bond acceptors (Lipinski definition) is 3. The molecule has 4 aromatic rings. The molecule has 0 unspecified atom stereocenters. The minimum Gasteiger partial charge on any atom is -0.462 e. The maximum Gasteiger partial charge on any atom is 0.338 e. The molecule has 38 heavy (non-hydrogen) atoms. The summed E-state index contributed by atoms with van der Waals surface area (Å²) in [4.78, 5) is 26.5. The summed E-state index contributed by atoms with van der Waals surface area (Å²) in [6, 6.07) is 19.0. The largest absolute Gasteiger partial charge is 0.462 e. The predicted molar refractivity (Wildman–Crippen MR) is 146 cm³/mol. The molecule has 0 atom stereocenters. The Morgan fingerprint density at radius 3 is 2.26 bits per heavy atom. The van der Waals surface area contributed by atoms with Crippen molar-refractivity contribution in [2.24, 2.45) is 5.92 Å². The van der Waals surface area contributed by atoms with Gasteiger partial charge in [0.05, 0.1) is 17.7 Å². The molecule has 4 nitrogen and oxygen atoms in total. The number of benzene rings is 3. The number of ether oxygens (including phenoxy) is 1. The molecule has 0 N–H and O–H groups in total. The monoisotopic (exact) mass is 517 g/mol. The number of Topliss-reactive ketones (excluding diaryl/α,β-unsaturated/α-hetero) is 1. The molecule has 0 aliphatic heterocycles. The lowest BCUT2D eigenvalue weighted by molar-refractivity contribution is 0.0459. The van der Waals surface area contributed by atoms with Gasteiger partial charge in [0.15, 0.2) is 17.4 Å². The Bertz CT molecular complexity index is 1450. The smallest absolute Gasteiger partial charge is 0.338 e. The molecule has 1 aromatic heterocycles. The van der Waals surface area contributed by atoms with Gasteiger partial charge in [-0.3, -0.25) is 4.79 Å². The van der Waals surface area contributed by atoms with Crippen LogP contribution in [0.2, 0.25) is 0 Å². The van der Waals surface area contributed by atoms with Crippen LogP contribution >= 0.6 is 0 Å². The van der Waals surface area contributed by atoms with Crippen molar-refractivity contribution in [2.45, 2.75) is 53.0 Å². The molecule has 0 fully saturated rings. The number of aromatic nitrogens is 1. The third-order valence-electron chi connectivity index (χ3n) is 6.52. The van der Waals surface area contributed by atoms with E-state index in [4.69, 9.17) is 4.74 Å². The van der Waals surface area contributed by atoms with Crippen LogP contribution in [0.4, 0.5) is 8.78 Å². The molecule has 0 bridgehead atoms. The Hall–Kier alpha value is -3.80. The highest BCUT2D eigenvalue weighted by Gasteiger charge is 2.25. The molecule has 0 amide bonds. The number of ketones is 1. The van der Waals surface area contributed by atoms with E-state index in [1.807, 2.05) is 64.1 Å². The highest BCUT2D eigenvalue weighted by atomic mass is 19.2. The van der Waals surface area contributed by atoms with E-state index < -0.39 is 17.6 Å². The molecule has 0 aliphatic carbocycles. The van der Waals surface area contributed by atoms with Gasteiger partial charge in [-0.05, 0) is 53.6 Å². The minimum absolute atomic E-state index is 0.0182. The van der Waals surface area contributed by atoms with Crippen LogP contribution in [0.25, 0.3) is 10.9 Å². The lowest BCUT2D eigenvalue weighted by Crippen LogP contribution is -2.11. The summed E-state index contributed by atoms with van der Waals surface area (Å²) in [6.07, 6.45) is 0.436. The average Bonchev–Trinajstić information content (AvgIpc) is 3.22. The molecule has 4 rings (SSSR count). The zero-order valence-corrected chi connectivity index (χ0v) is 22.3. The summed E-state index contributed by atoms with van der Waals surface area (Å²) in [7, 11) is 0. The summed E-state index contributed by atoms with van der Waals surface area (Å²) in [6.45, 7) is 8.90. The SMILES string of the molecule is CC(C)COC(=O)c1ccc2c(C(=O)CCc3ccc(F)c(F)c3)c(C(C)C)n(Cc3ccccc3)c2c1. The fourth-order valence-corrected chi connectivity index (χ4v) is 4.73. The van der Waals surface area contributed by atoms with Crippen molar-refractivity contribution < 1.29 is 23.1 Å². The van der Waals surface area contributed by atoms with Crippen molar-refractivity contribution >= 4 is 22.7 Å². The molecular weight excluding hydrogens is 484 g/mol. The standard InChI is InChI=1S/C32H33F2NO3/c1-20(2)19-38-32(37)24-12-13-25-28(17-24)35(18-23-8-6-5-7-9-23)31(21(3)4)30(25)29(36)15-11-22-10-14-26(33)27(34)16-22/h5-10,12-14,16-17,20-21H,11,15,18-19H2,1-4H3. The fourth-order valence-electron chi connectivity index (χ4n) is 4.73. The predicted octanol–water partition coefficient (Wildman–Crippen LogP) is 7.72. The first-order chi connectivity index (χ1) is 18.2. The van der Waals surface area contributed by atoms with E-state index in [0.717, 1.165) is 34.3 Å². The van der Waals surface area contributed by atoms with Crippen LogP contribution in [0.15, 0.2) is 66.7 Å². The molecule has 1 heterocycles. The van der Waals surface area contributed by atoms with Crippen LogP contribution in [0.3, 0.4) is 0 Å². The lowest BCUT2D eigenvalue weighted by Gasteiger charge is -2.15. The van der Waals surface area contributed by atoms with Gasteiger partial charge >= 0.3 is 5.97 Å². The Morgan fingerprint density at radius 1 is 0.868 bits per heavy atom. The van der Waals surface area contributed by atoms with Gasteiger partial charge < -0.3 is 9.30 Å². The van der Waals surface area contributed by atoms with Crippen LogP contribution in [-0.2, 0) is 17.7 Å². The van der Waals surface area contributed by atoms with Crippen molar-refractivity contribution in [3.8, 4) is 0 Å². The van der Waals surface area contributed by atoms with Crippen LogP contribution in [0.1, 0.15) is 77.6 Å². The second-order valence-corrected chi connectivity index (χ2v) is 10.4. The molecule has 3 aromatic carbocycles. The number of carbonyl (C=O) groups excluding carboxylic acids is 2. The topological polar surface area (TPSA) is 48.3 Å². The van der Waals surface area contributed by atoms with Crippen LogP contribution in [0.5, 0.6) is 0 Å². The average molecular weight is 518 g/mol. The maximum absolute atomic E-state index is 13.7. The van der Waals surface area contributed by atoms with Crippen molar-refractivity contribution in [2.75, 3.05) is 6.61 Å². The molecule has 0 saturated heterocycles. The number of aryl methyl sites for hydroxylation is 1. The Balaban J connectivity index is 1.78. The zero-order chi connectivity index (χ0) is 27.4. The van der Waals surface area contributed by atoms with Crippen molar-refractivity contribution in [1.82, 2.24) is 4.57 Å². The third kappa shape index (κ3) is 6.01. The third-order valence-corrected chi connectivity index (χ3v) is 6.52. The van der Waals surface area contributed by atoms with Gasteiger partial charge in [0.2, 0.25) is 0 Å². The first-order valence-electron chi connectivity index (χ1n) is 13.0. The minimum atomic E-state index is -0.922. The molecule has 198 valence electrons. The number of fused-ring (bicyclic) bond motifs is 1. The van der Waals surface area contributed by atoms with Crippen molar-refractivity contribution in [3.63, 3.8) is 0 Å². The van der Waals surface area contributed by atoms with E-state index in [9.17, 15) is 18.4 Å². The molecule has 0 saturated carbocycles. The first-order valence-corrected chi connectivity index (χ1v) is 13.0. The van der Waals surface area contributed by atoms with E-state index in [1.165, 1.54) is 6.07 Å². The van der Waals surface area contributed by atoms with Gasteiger partial charge in [-0.15, -0.1) is 0 Å². The van der Waals surface area contributed by atoms with Crippen LogP contribution < -0.4 is 0 Å². The Kier molecular flexibility index (Phi) is 8.40. The Morgan fingerprint density at radius 2 is 1.61 bits per heavy atom. The summed E-state index contributed by atoms with van der Waals surface area (Å²) in [5.74, 6) is -2.07. The van der Waals surface area contributed by atoms with Gasteiger partial charge in [-0.25, -0.2) is 13.6 Å². The summed E-state index contributed by atoms with van der Waals surface area (Å²) >= 11 is 0. The number of rotatable bonds is 10.